The Morgan fingerprint density at radius 3 is 2.07 bits per heavy atom. The van der Waals surface area contributed by atoms with E-state index in [0.717, 1.165) is 32.1 Å². The number of carbonyl (C=O) groups is 1. The second-order valence-electron chi connectivity index (χ2n) is 4.07. The lowest BCUT2D eigenvalue weighted by atomic mass is 9.97. The van der Waals surface area contributed by atoms with Crippen LogP contribution in [0.2, 0.25) is 0 Å². The molecule has 3 heteroatoms. The van der Waals surface area contributed by atoms with Gasteiger partial charge in [0.2, 0.25) is 5.91 Å². The predicted octanol–water partition coefficient (Wildman–Crippen LogP) is 2.09. The van der Waals surface area contributed by atoms with E-state index in [4.69, 9.17) is 5.11 Å². The molecule has 0 heterocycles. The van der Waals surface area contributed by atoms with Crippen LogP contribution in [-0.4, -0.2) is 23.7 Å². The molecule has 0 saturated heterocycles. The summed E-state index contributed by atoms with van der Waals surface area (Å²) in [6.45, 7) is 6.20. The van der Waals surface area contributed by atoms with Crippen molar-refractivity contribution in [3.63, 3.8) is 0 Å². The Bertz CT molecular complexity index is 161. The van der Waals surface area contributed by atoms with E-state index in [1.165, 1.54) is 0 Å². The highest BCUT2D eigenvalue weighted by Gasteiger charge is 2.18. The van der Waals surface area contributed by atoms with Crippen LogP contribution >= 0.6 is 0 Å². The summed E-state index contributed by atoms with van der Waals surface area (Å²) in [5.41, 5.74) is 0. The van der Waals surface area contributed by atoms with E-state index in [2.05, 4.69) is 19.2 Å². The minimum absolute atomic E-state index is 0.0349. The minimum Gasteiger partial charge on any atom is -0.394 e. The molecule has 1 amide bonds. The Morgan fingerprint density at radius 2 is 1.73 bits per heavy atom. The normalized spacial score (nSPS) is 12.9. The van der Waals surface area contributed by atoms with Crippen molar-refractivity contribution in [2.75, 3.05) is 6.61 Å². The highest BCUT2D eigenvalue weighted by Crippen LogP contribution is 2.13. The molecule has 0 saturated carbocycles. The molecule has 0 aromatic rings. The SMILES string of the molecule is CCCC(CCC)C(=O)N[C@@H](CC)CO. The summed E-state index contributed by atoms with van der Waals surface area (Å²) >= 11 is 0. The highest BCUT2D eigenvalue weighted by molar-refractivity contribution is 5.78. The third-order valence-corrected chi connectivity index (χ3v) is 2.70. The summed E-state index contributed by atoms with van der Waals surface area (Å²) in [6, 6.07) is -0.0753. The Kier molecular flexibility index (Phi) is 8.38. The third kappa shape index (κ3) is 5.78. The topological polar surface area (TPSA) is 49.3 Å². The molecule has 0 aromatic carbocycles. The Balaban J connectivity index is 4.10. The fourth-order valence-corrected chi connectivity index (χ4v) is 1.70. The maximum atomic E-state index is 11.8. The molecule has 0 radical (unpaired) electrons. The van der Waals surface area contributed by atoms with Gasteiger partial charge in [0.05, 0.1) is 12.6 Å². The zero-order valence-electron chi connectivity index (χ0n) is 10.3. The number of aliphatic hydroxyl groups excluding tert-OH is 1. The van der Waals surface area contributed by atoms with Gasteiger partial charge in [-0.3, -0.25) is 4.79 Å². The van der Waals surface area contributed by atoms with Crippen LogP contribution in [0, 0.1) is 5.92 Å². The first kappa shape index (κ1) is 14.4. The zero-order chi connectivity index (χ0) is 11.7. The van der Waals surface area contributed by atoms with Crippen LogP contribution in [-0.2, 0) is 4.79 Å². The molecule has 1 atom stereocenters. The predicted molar refractivity (Wildman–Crippen MR) is 62.6 cm³/mol. The van der Waals surface area contributed by atoms with Crippen LogP contribution in [0.3, 0.4) is 0 Å². The van der Waals surface area contributed by atoms with Gasteiger partial charge >= 0.3 is 0 Å². The van der Waals surface area contributed by atoms with Gasteiger partial charge in [-0.15, -0.1) is 0 Å². The number of hydrogen-bond acceptors (Lipinski definition) is 2. The van der Waals surface area contributed by atoms with Crippen LogP contribution < -0.4 is 5.32 Å². The van der Waals surface area contributed by atoms with Crippen molar-refractivity contribution < 1.29 is 9.90 Å². The van der Waals surface area contributed by atoms with E-state index in [1.54, 1.807) is 0 Å². The van der Waals surface area contributed by atoms with Crippen molar-refractivity contribution in [1.82, 2.24) is 5.32 Å². The van der Waals surface area contributed by atoms with Crippen LogP contribution in [0.5, 0.6) is 0 Å². The maximum Gasteiger partial charge on any atom is 0.223 e. The van der Waals surface area contributed by atoms with Crippen LogP contribution in [0.1, 0.15) is 52.9 Å². The Hall–Kier alpha value is -0.570. The molecule has 90 valence electrons. The first-order valence-electron chi connectivity index (χ1n) is 6.10. The van der Waals surface area contributed by atoms with Crippen molar-refractivity contribution in [3.8, 4) is 0 Å². The fraction of sp³-hybridized carbons (Fsp3) is 0.917. The van der Waals surface area contributed by atoms with Gasteiger partial charge in [-0.2, -0.15) is 0 Å². The van der Waals surface area contributed by atoms with Gasteiger partial charge in [-0.25, -0.2) is 0 Å². The standard InChI is InChI=1S/C12H25NO2/c1-4-7-10(8-5-2)12(15)13-11(6-3)9-14/h10-11,14H,4-9H2,1-3H3,(H,13,15)/t11-/m0/s1. The van der Waals surface area contributed by atoms with Crippen LogP contribution in [0.25, 0.3) is 0 Å². The molecule has 0 bridgehead atoms. The lowest BCUT2D eigenvalue weighted by Crippen LogP contribution is -2.40. The molecule has 0 aliphatic rings. The summed E-state index contributed by atoms with van der Waals surface area (Å²) in [4.78, 5) is 11.8. The van der Waals surface area contributed by atoms with Crippen molar-refractivity contribution in [1.29, 1.82) is 0 Å². The second kappa shape index (κ2) is 8.72. The molecule has 0 spiro atoms. The fourth-order valence-electron chi connectivity index (χ4n) is 1.70. The quantitative estimate of drug-likeness (QED) is 0.651. The molecule has 3 nitrogen and oxygen atoms in total. The summed E-state index contributed by atoms with van der Waals surface area (Å²) in [6.07, 6.45) is 4.75. The first-order valence-corrected chi connectivity index (χ1v) is 6.10. The molecule has 0 aromatic heterocycles. The van der Waals surface area contributed by atoms with Crippen molar-refractivity contribution in [2.24, 2.45) is 5.92 Å². The van der Waals surface area contributed by atoms with Gasteiger partial charge < -0.3 is 10.4 Å². The minimum atomic E-state index is -0.0753. The molecular formula is C12H25NO2. The molecule has 0 rings (SSSR count). The number of carbonyl (C=O) groups excluding carboxylic acids is 1. The van der Waals surface area contributed by atoms with Crippen LogP contribution in [0.4, 0.5) is 0 Å². The molecule has 0 fully saturated rings. The van der Waals surface area contributed by atoms with E-state index >= 15 is 0 Å². The average Bonchev–Trinajstić information content (AvgIpc) is 2.25. The lowest BCUT2D eigenvalue weighted by Gasteiger charge is -2.19. The third-order valence-electron chi connectivity index (χ3n) is 2.70. The summed E-state index contributed by atoms with van der Waals surface area (Å²) in [7, 11) is 0. The molecule has 0 aliphatic carbocycles. The number of hydrogen-bond donors (Lipinski definition) is 2. The molecule has 0 unspecified atom stereocenters. The zero-order valence-corrected chi connectivity index (χ0v) is 10.3. The number of aliphatic hydroxyl groups is 1. The van der Waals surface area contributed by atoms with Crippen molar-refractivity contribution in [2.45, 2.75) is 58.9 Å². The summed E-state index contributed by atoms with van der Waals surface area (Å²) in [5.74, 6) is 0.236. The number of nitrogens with one attached hydrogen (secondary N) is 1. The largest absolute Gasteiger partial charge is 0.394 e. The number of amides is 1. The van der Waals surface area contributed by atoms with Crippen molar-refractivity contribution in [3.05, 3.63) is 0 Å². The molecule has 15 heavy (non-hydrogen) atoms. The van der Waals surface area contributed by atoms with E-state index in [1.807, 2.05) is 6.92 Å². The molecular weight excluding hydrogens is 190 g/mol. The summed E-state index contributed by atoms with van der Waals surface area (Å²) < 4.78 is 0. The number of rotatable bonds is 8. The van der Waals surface area contributed by atoms with E-state index in [-0.39, 0.29) is 24.5 Å². The lowest BCUT2D eigenvalue weighted by molar-refractivity contribution is -0.126. The summed E-state index contributed by atoms with van der Waals surface area (Å²) in [5, 5.41) is 11.9. The van der Waals surface area contributed by atoms with Crippen LogP contribution in [0.15, 0.2) is 0 Å². The van der Waals surface area contributed by atoms with E-state index < -0.39 is 0 Å². The van der Waals surface area contributed by atoms with Crippen molar-refractivity contribution >= 4 is 5.91 Å². The van der Waals surface area contributed by atoms with Gasteiger partial charge in [0.15, 0.2) is 0 Å². The second-order valence-corrected chi connectivity index (χ2v) is 4.07. The van der Waals surface area contributed by atoms with E-state index in [9.17, 15) is 4.79 Å². The highest BCUT2D eigenvalue weighted by atomic mass is 16.3. The maximum absolute atomic E-state index is 11.8. The smallest absolute Gasteiger partial charge is 0.223 e. The first-order chi connectivity index (χ1) is 7.19. The Labute approximate surface area is 93.3 Å². The van der Waals surface area contributed by atoms with Gasteiger partial charge in [-0.1, -0.05) is 33.6 Å². The molecule has 0 aliphatic heterocycles. The van der Waals surface area contributed by atoms with Gasteiger partial charge in [0.25, 0.3) is 0 Å². The van der Waals surface area contributed by atoms with Gasteiger partial charge in [0, 0.05) is 5.92 Å². The Morgan fingerprint density at radius 1 is 1.20 bits per heavy atom. The van der Waals surface area contributed by atoms with Gasteiger partial charge in [-0.05, 0) is 19.3 Å². The van der Waals surface area contributed by atoms with Gasteiger partial charge in [0.1, 0.15) is 0 Å². The monoisotopic (exact) mass is 215 g/mol. The van der Waals surface area contributed by atoms with E-state index in [0.29, 0.717) is 0 Å². The average molecular weight is 215 g/mol. The molecule has 2 N–H and O–H groups in total.